The summed E-state index contributed by atoms with van der Waals surface area (Å²) in [4.78, 5) is 5.30. The van der Waals surface area contributed by atoms with E-state index in [2.05, 4.69) is 15.9 Å². The van der Waals surface area contributed by atoms with Crippen LogP contribution in [0.15, 0.2) is 23.0 Å². The zero-order chi connectivity index (χ0) is 14.1. The van der Waals surface area contributed by atoms with Gasteiger partial charge in [-0.1, -0.05) is 0 Å². The molecule has 3 aliphatic rings. The van der Waals surface area contributed by atoms with Gasteiger partial charge in [-0.15, -0.1) is 0 Å². The maximum absolute atomic E-state index is 6.20. The van der Waals surface area contributed by atoms with Crippen LogP contribution in [0.25, 0.3) is 0 Å². The summed E-state index contributed by atoms with van der Waals surface area (Å²) >= 11 is 0. The number of furan rings is 1. The molecule has 3 aliphatic heterocycles. The van der Waals surface area contributed by atoms with E-state index in [0.717, 1.165) is 19.7 Å². The topological polar surface area (TPSA) is 28.9 Å². The molecule has 3 atom stereocenters. The highest BCUT2D eigenvalue weighted by atomic mass is 16.5. The molecule has 4 heteroatoms. The van der Waals surface area contributed by atoms with Crippen LogP contribution in [0.1, 0.15) is 31.2 Å². The third kappa shape index (κ3) is 2.89. The quantitative estimate of drug-likeness (QED) is 0.854. The van der Waals surface area contributed by atoms with Crippen LogP contribution in [-0.4, -0.2) is 54.7 Å². The van der Waals surface area contributed by atoms with Gasteiger partial charge in [0, 0.05) is 37.8 Å². The van der Waals surface area contributed by atoms with E-state index < -0.39 is 0 Å². The van der Waals surface area contributed by atoms with Crippen LogP contribution >= 0.6 is 0 Å². The Morgan fingerprint density at radius 3 is 2.86 bits per heavy atom. The highest BCUT2D eigenvalue weighted by Gasteiger charge is 2.42. The molecule has 0 N–H and O–H groups in total. The van der Waals surface area contributed by atoms with Gasteiger partial charge in [-0.05, 0) is 50.8 Å². The minimum atomic E-state index is 0.470. The lowest BCUT2D eigenvalue weighted by Crippen LogP contribution is -2.60. The van der Waals surface area contributed by atoms with Gasteiger partial charge in [0.2, 0.25) is 0 Å². The van der Waals surface area contributed by atoms with Crippen molar-refractivity contribution < 1.29 is 9.15 Å². The summed E-state index contributed by atoms with van der Waals surface area (Å²) in [5.41, 5.74) is 1.30. The maximum atomic E-state index is 6.20. The Balaban J connectivity index is 1.49. The van der Waals surface area contributed by atoms with Crippen molar-refractivity contribution in [1.82, 2.24) is 9.80 Å². The van der Waals surface area contributed by atoms with E-state index in [1.807, 2.05) is 6.26 Å². The largest absolute Gasteiger partial charge is 0.472 e. The van der Waals surface area contributed by atoms with Gasteiger partial charge < -0.3 is 9.15 Å². The van der Waals surface area contributed by atoms with Gasteiger partial charge in [0.25, 0.3) is 0 Å². The lowest BCUT2D eigenvalue weighted by Gasteiger charge is -2.48. The van der Waals surface area contributed by atoms with Crippen molar-refractivity contribution in [2.24, 2.45) is 5.92 Å². The molecule has 116 valence electrons. The van der Waals surface area contributed by atoms with Crippen molar-refractivity contribution in [3.05, 3.63) is 24.2 Å². The van der Waals surface area contributed by atoms with Crippen LogP contribution in [0.3, 0.4) is 0 Å². The van der Waals surface area contributed by atoms with Crippen LogP contribution in [0.4, 0.5) is 0 Å². The van der Waals surface area contributed by atoms with Crippen LogP contribution in [0, 0.1) is 5.92 Å². The number of fused-ring (bicyclic) bond motifs is 1. The van der Waals surface area contributed by atoms with Crippen molar-refractivity contribution in [1.29, 1.82) is 0 Å². The summed E-state index contributed by atoms with van der Waals surface area (Å²) in [6.45, 7) is 6.83. The Bertz CT molecular complexity index is 442. The summed E-state index contributed by atoms with van der Waals surface area (Å²) in [5.74, 6) is 0.713. The molecule has 21 heavy (non-hydrogen) atoms. The van der Waals surface area contributed by atoms with Gasteiger partial charge in [-0.25, -0.2) is 0 Å². The molecule has 3 fully saturated rings. The molecule has 4 rings (SSSR count). The molecule has 0 spiro atoms. The average molecular weight is 290 g/mol. The smallest absolute Gasteiger partial charge is 0.0947 e. The second-order valence-electron chi connectivity index (χ2n) is 6.87. The maximum Gasteiger partial charge on any atom is 0.0947 e. The molecule has 0 unspecified atom stereocenters. The Labute approximate surface area is 127 Å². The van der Waals surface area contributed by atoms with Crippen molar-refractivity contribution >= 4 is 0 Å². The SMILES string of the molecule is c1cc(CN2C[C@H]3CCCO[C@H]3[C@@H](N3CCCC3)C2)co1. The van der Waals surface area contributed by atoms with Crippen molar-refractivity contribution in [2.75, 3.05) is 32.8 Å². The van der Waals surface area contributed by atoms with E-state index in [1.54, 1.807) is 6.26 Å². The lowest BCUT2D eigenvalue weighted by molar-refractivity contribution is -0.112. The number of nitrogens with zero attached hydrogens (tertiary/aromatic N) is 2. The number of likely N-dealkylation sites (tertiary alicyclic amines) is 2. The Morgan fingerprint density at radius 1 is 1.14 bits per heavy atom. The van der Waals surface area contributed by atoms with E-state index in [0.29, 0.717) is 18.1 Å². The molecular weight excluding hydrogens is 264 g/mol. The van der Waals surface area contributed by atoms with Gasteiger partial charge in [-0.2, -0.15) is 0 Å². The van der Waals surface area contributed by atoms with Gasteiger partial charge in [0.15, 0.2) is 0 Å². The number of hydrogen-bond acceptors (Lipinski definition) is 4. The first kappa shape index (κ1) is 13.8. The fourth-order valence-corrected chi connectivity index (χ4v) is 4.43. The first-order chi connectivity index (χ1) is 10.4. The molecule has 0 aliphatic carbocycles. The Hall–Kier alpha value is -0.840. The lowest BCUT2D eigenvalue weighted by atomic mass is 9.84. The van der Waals surface area contributed by atoms with Crippen molar-refractivity contribution in [3.8, 4) is 0 Å². The summed E-state index contributed by atoms with van der Waals surface area (Å²) in [6, 6.07) is 2.69. The van der Waals surface area contributed by atoms with Gasteiger partial charge >= 0.3 is 0 Å². The monoisotopic (exact) mass is 290 g/mol. The van der Waals surface area contributed by atoms with Crippen molar-refractivity contribution in [2.45, 2.75) is 44.4 Å². The molecule has 1 aromatic rings. The van der Waals surface area contributed by atoms with Crippen molar-refractivity contribution in [3.63, 3.8) is 0 Å². The molecule has 0 radical (unpaired) electrons. The summed E-state index contributed by atoms with van der Waals surface area (Å²) in [6.07, 6.45) is 9.41. The van der Waals surface area contributed by atoms with E-state index in [9.17, 15) is 0 Å². The highest BCUT2D eigenvalue weighted by Crippen LogP contribution is 2.33. The molecular formula is C17H26N2O2. The molecule has 3 saturated heterocycles. The van der Waals surface area contributed by atoms with Gasteiger partial charge in [0.05, 0.1) is 18.6 Å². The Morgan fingerprint density at radius 2 is 2.05 bits per heavy atom. The summed E-state index contributed by atoms with van der Waals surface area (Å²) < 4.78 is 11.4. The predicted molar refractivity (Wildman–Crippen MR) is 81.0 cm³/mol. The van der Waals surface area contributed by atoms with E-state index >= 15 is 0 Å². The zero-order valence-corrected chi connectivity index (χ0v) is 12.7. The molecule has 4 heterocycles. The third-order valence-corrected chi connectivity index (χ3v) is 5.41. The molecule has 0 aromatic carbocycles. The second kappa shape index (κ2) is 6.11. The predicted octanol–water partition coefficient (Wildman–Crippen LogP) is 2.35. The molecule has 0 saturated carbocycles. The first-order valence-electron chi connectivity index (χ1n) is 8.49. The average Bonchev–Trinajstić information content (AvgIpc) is 3.20. The standard InChI is InChI=1S/C17H26N2O2/c1-2-7-19(6-1)16-12-18(10-14-5-9-20-13-14)11-15-4-3-8-21-17(15)16/h5,9,13,15-17H,1-4,6-8,10-12H2/t15-,16+,17-/m1/s1. The third-order valence-electron chi connectivity index (χ3n) is 5.41. The minimum absolute atomic E-state index is 0.470. The zero-order valence-electron chi connectivity index (χ0n) is 12.7. The molecule has 0 amide bonds. The fraction of sp³-hybridized carbons (Fsp3) is 0.765. The molecule has 0 bridgehead atoms. The number of hydrogen-bond donors (Lipinski definition) is 0. The van der Waals surface area contributed by atoms with Crippen LogP contribution in [0.5, 0.6) is 0 Å². The minimum Gasteiger partial charge on any atom is -0.472 e. The number of piperidine rings is 1. The van der Waals surface area contributed by atoms with Crippen LogP contribution in [0.2, 0.25) is 0 Å². The first-order valence-corrected chi connectivity index (χ1v) is 8.49. The number of rotatable bonds is 3. The van der Waals surface area contributed by atoms with Gasteiger partial charge in [0.1, 0.15) is 0 Å². The fourth-order valence-electron chi connectivity index (χ4n) is 4.43. The second-order valence-corrected chi connectivity index (χ2v) is 6.87. The van der Waals surface area contributed by atoms with Gasteiger partial charge in [-0.3, -0.25) is 9.80 Å². The molecule has 1 aromatic heterocycles. The number of ether oxygens (including phenoxy) is 1. The summed E-state index contributed by atoms with van der Waals surface area (Å²) in [7, 11) is 0. The normalized spacial score (nSPS) is 35.0. The van der Waals surface area contributed by atoms with E-state index in [-0.39, 0.29) is 0 Å². The van der Waals surface area contributed by atoms with Crippen LogP contribution < -0.4 is 0 Å². The molecule has 4 nitrogen and oxygen atoms in total. The Kier molecular flexibility index (Phi) is 4.01. The van der Waals surface area contributed by atoms with E-state index in [1.165, 1.54) is 50.9 Å². The van der Waals surface area contributed by atoms with Crippen LogP contribution in [-0.2, 0) is 11.3 Å². The van der Waals surface area contributed by atoms with E-state index in [4.69, 9.17) is 9.15 Å². The highest BCUT2D eigenvalue weighted by molar-refractivity contribution is 5.06. The summed E-state index contributed by atoms with van der Waals surface area (Å²) in [5, 5.41) is 0.